The zero-order valence-electron chi connectivity index (χ0n) is 13.9. The maximum absolute atomic E-state index is 6.49. The van der Waals surface area contributed by atoms with E-state index in [1.165, 1.54) is 70.6 Å². The van der Waals surface area contributed by atoms with Gasteiger partial charge in [0.1, 0.15) is 0 Å². The van der Waals surface area contributed by atoms with Crippen molar-refractivity contribution in [2.24, 2.45) is 5.92 Å². The highest BCUT2D eigenvalue weighted by Crippen LogP contribution is 2.39. The van der Waals surface area contributed by atoms with Crippen LogP contribution >= 0.6 is 15.9 Å². The third-order valence-electron chi connectivity index (χ3n) is 4.87. The lowest BCUT2D eigenvalue weighted by atomic mass is 9.78. The Morgan fingerprint density at radius 3 is 2.35 bits per heavy atom. The van der Waals surface area contributed by atoms with Gasteiger partial charge in [-0.3, -0.25) is 0 Å². The topological polar surface area (TPSA) is 9.23 Å². The molecule has 0 aliphatic heterocycles. The van der Waals surface area contributed by atoms with Crippen molar-refractivity contribution in [3.63, 3.8) is 0 Å². The Bertz CT molecular complexity index is 234. The van der Waals surface area contributed by atoms with Gasteiger partial charge in [0.25, 0.3) is 0 Å². The number of halogens is 1. The van der Waals surface area contributed by atoms with Crippen LogP contribution in [0.25, 0.3) is 0 Å². The van der Waals surface area contributed by atoms with Crippen molar-refractivity contribution in [1.82, 2.24) is 0 Å². The normalized spacial score (nSPS) is 28.5. The molecule has 0 spiro atoms. The van der Waals surface area contributed by atoms with Gasteiger partial charge in [-0.15, -0.1) is 0 Å². The number of unbranched alkanes of at least 4 members (excludes halogenated alkanes) is 3. The molecule has 1 nitrogen and oxygen atoms in total. The van der Waals surface area contributed by atoms with Crippen LogP contribution in [0.15, 0.2) is 0 Å². The molecule has 1 aliphatic carbocycles. The molecule has 1 fully saturated rings. The minimum Gasteiger partial charge on any atom is -0.371 e. The molecule has 0 aromatic carbocycles. The summed E-state index contributed by atoms with van der Waals surface area (Å²) >= 11 is 3.72. The first-order valence-corrected chi connectivity index (χ1v) is 10.0. The van der Waals surface area contributed by atoms with Crippen molar-refractivity contribution in [3.8, 4) is 0 Å². The lowest BCUT2D eigenvalue weighted by Gasteiger charge is -2.41. The van der Waals surface area contributed by atoms with E-state index in [0.717, 1.165) is 11.2 Å². The van der Waals surface area contributed by atoms with Crippen LogP contribution < -0.4 is 0 Å². The Balaban J connectivity index is 2.31. The van der Waals surface area contributed by atoms with Gasteiger partial charge in [0.05, 0.1) is 11.7 Å². The van der Waals surface area contributed by atoms with E-state index in [1.54, 1.807) is 0 Å². The number of hydrogen-bond acceptors (Lipinski definition) is 1. The maximum Gasteiger partial charge on any atom is 0.0782 e. The summed E-state index contributed by atoms with van der Waals surface area (Å²) in [4.78, 5) is 0. The Morgan fingerprint density at radius 1 is 1.10 bits per heavy atom. The van der Waals surface area contributed by atoms with Crippen LogP contribution in [0.5, 0.6) is 0 Å². The molecule has 1 aliphatic rings. The van der Waals surface area contributed by atoms with Crippen LogP contribution in [0, 0.1) is 5.92 Å². The van der Waals surface area contributed by atoms with E-state index in [4.69, 9.17) is 4.74 Å². The van der Waals surface area contributed by atoms with Crippen molar-refractivity contribution in [2.45, 2.75) is 103 Å². The third kappa shape index (κ3) is 6.47. The van der Waals surface area contributed by atoms with Crippen molar-refractivity contribution in [2.75, 3.05) is 5.33 Å². The average Bonchev–Trinajstić information content (AvgIpc) is 2.46. The summed E-state index contributed by atoms with van der Waals surface area (Å²) in [7, 11) is 0. The summed E-state index contributed by atoms with van der Waals surface area (Å²) in [5.41, 5.74) is 0.133. The lowest BCUT2D eigenvalue weighted by Crippen LogP contribution is -2.41. The van der Waals surface area contributed by atoms with Gasteiger partial charge in [0, 0.05) is 5.33 Å². The predicted octanol–water partition coefficient (Wildman–Crippen LogP) is 6.49. The minimum absolute atomic E-state index is 0.133. The van der Waals surface area contributed by atoms with E-state index in [0.29, 0.717) is 6.10 Å². The van der Waals surface area contributed by atoms with Gasteiger partial charge in [-0.1, -0.05) is 68.3 Å². The van der Waals surface area contributed by atoms with Gasteiger partial charge in [-0.25, -0.2) is 0 Å². The summed E-state index contributed by atoms with van der Waals surface area (Å²) in [5, 5.41) is 1.01. The molecular weight excluding hydrogens is 312 g/mol. The Morgan fingerprint density at radius 2 is 1.80 bits per heavy atom. The first kappa shape index (κ1) is 18.5. The second-order valence-electron chi connectivity index (χ2n) is 6.83. The smallest absolute Gasteiger partial charge is 0.0782 e. The molecule has 0 aromatic rings. The van der Waals surface area contributed by atoms with E-state index in [2.05, 4.69) is 36.7 Å². The van der Waals surface area contributed by atoms with Crippen molar-refractivity contribution < 1.29 is 4.74 Å². The first-order valence-electron chi connectivity index (χ1n) is 8.89. The second kappa shape index (κ2) is 10.2. The van der Waals surface area contributed by atoms with E-state index in [1.807, 2.05) is 0 Å². The first-order chi connectivity index (χ1) is 9.65. The molecule has 20 heavy (non-hydrogen) atoms. The fraction of sp³-hybridized carbons (Fsp3) is 1.00. The van der Waals surface area contributed by atoms with Crippen LogP contribution in [-0.4, -0.2) is 17.0 Å². The largest absolute Gasteiger partial charge is 0.371 e. The number of ether oxygens (including phenoxy) is 1. The number of hydrogen-bond donors (Lipinski definition) is 0. The molecule has 1 atom stereocenters. The molecule has 1 unspecified atom stereocenters. The van der Waals surface area contributed by atoms with E-state index in [-0.39, 0.29) is 5.60 Å². The average molecular weight is 347 g/mol. The number of alkyl halides is 1. The fourth-order valence-corrected chi connectivity index (χ4v) is 4.22. The predicted molar refractivity (Wildman–Crippen MR) is 92.7 cm³/mol. The SMILES string of the molecule is CCCCCCC(C)OC1(CBr)CCC(CCC)CC1. The van der Waals surface area contributed by atoms with E-state index in [9.17, 15) is 0 Å². The van der Waals surface area contributed by atoms with E-state index >= 15 is 0 Å². The monoisotopic (exact) mass is 346 g/mol. The summed E-state index contributed by atoms with van der Waals surface area (Å²) in [6.45, 7) is 6.85. The van der Waals surface area contributed by atoms with Crippen molar-refractivity contribution >= 4 is 15.9 Å². The second-order valence-corrected chi connectivity index (χ2v) is 7.39. The van der Waals surface area contributed by atoms with Gasteiger partial charge < -0.3 is 4.74 Å². The highest BCUT2D eigenvalue weighted by molar-refractivity contribution is 9.09. The maximum atomic E-state index is 6.49. The molecule has 1 rings (SSSR count). The van der Waals surface area contributed by atoms with Gasteiger partial charge >= 0.3 is 0 Å². The summed E-state index contributed by atoms with van der Waals surface area (Å²) in [6.07, 6.45) is 15.0. The lowest BCUT2D eigenvalue weighted by molar-refractivity contribution is -0.101. The fourth-order valence-electron chi connectivity index (χ4n) is 3.53. The van der Waals surface area contributed by atoms with Crippen molar-refractivity contribution in [3.05, 3.63) is 0 Å². The van der Waals surface area contributed by atoms with Crippen LogP contribution in [-0.2, 0) is 4.74 Å². The molecule has 0 aromatic heterocycles. The summed E-state index contributed by atoms with van der Waals surface area (Å²) in [6, 6.07) is 0. The molecule has 1 saturated carbocycles. The molecule has 120 valence electrons. The van der Waals surface area contributed by atoms with Crippen molar-refractivity contribution in [1.29, 1.82) is 0 Å². The number of rotatable bonds is 10. The summed E-state index contributed by atoms with van der Waals surface area (Å²) in [5.74, 6) is 0.954. The van der Waals surface area contributed by atoms with E-state index < -0.39 is 0 Å². The quantitative estimate of drug-likeness (QED) is 0.324. The third-order valence-corrected chi connectivity index (χ3v) is 5.89. The highest BCUT2D eigenvalue weighted by Gasteiger charge is 2.36. The molecule has 0 heterocycles. The van der Waals surface area contributed by atoms with Crippen LogP contribution in [0.3, 0.4) is 0 Å². The van der Waals surface area contributed by atoms with Crippen LogP contribution in [0.2, 0.25) is 0 Å². The highest BCUT2D eigenvalue weighted by atomic mass is 79.9. The molecular formula is C18H35BrO. The minimum atomic E-state index is 0.133. The van der Waals surface area contributed by atoms with Gasteiger partial charge in [-0.05, 0) is 44.9 Å². The molecule has 0 amide bonds. The van der Waals surface area contributed by atoms with Gasteiger partial charge in [0.15, 0.2) is 0 Å². The summed E-state index contributed by atoms with van der Waals surface area (Å²) < 4.78 is 6.49. The molecule has 2 heteroatoms. The Labute approximate surface area is 135 Å². The van der Waals surface area contributed by atoms with Crippen LogP contribution in [0.4, 0.5) is 0 Å². The van der Waals surface area contributed by atoms with Gasteiger partial charge in [-0.2, -0.15) is 0 Å². The Kier molecular flexibility index (Phi) is 9.44. The Hall–Kier alpha value is 0.440. The molecule has 0 radical (unpaired) electrons. The molecule has 0 N–H and O–H groups in total. The van der Waals surface area contributed by atoms with Crippen LogP contribution in [0.1, 0.15) is 91.4 Å². The zero-order chi connectivity index (χ0) is 14.8. The standard InChI is InChI=1S/C18H35BrO/c1-4-6-7-8-10-16(3)20-18(15-19)13-11-17(9-5-2)12-14-18/h16-17H,4-15H2,1-3H3. The molecule has 0 saturated heterocycles. The zero-order valence-corrected chi connectivity index (χ0v) is 15.5. The van der Waals surface area contributed by atoms with Gasteiger partial charge in [0.2, 0.25) is 0 Å². The molecule has 0 bridgehead atoms.